The molecule has 1 atom stereocenters. The molecule has 8 nitrogen and oxygen atoms in total. The molecular formula is C23H35IN4O4. The lowest BCUT2D eigenvalue weighted by Gasteiger charge is -2.15. The molecule has 1 heterocycles. The molecule has 0 spiro atoms. The summed E-state index contributed by atoms with van der Waals surface area (Å²) in [5.41, 5.74) is 1.57. The standard InChI is InChI=1S/C23H34N4O4.HI/c1-5-24-23(26-12-7-11-25-22(29)21-17(4)10-13-30-21)27-15-20(28)18-8-6-9-19(14-18)31-16(2)3;/h6,8-10,13-14,16,20,28H,5,7,11-12,15H2,1-4H3,(H,25,29)(H2,24,26,27);1H. The summed E-state index contributed by atoms with van der Waals surface area (Å²) in [4.78, 5) is 16.5. The summed E-state index contributed by atoms with van der Waals surface area (Å²) in [6.45, 7) is 9.79. The number of benzene rings is 1. The van der Waals surface area contributed by atoms with Crippen LogP contribution in [0, 0.1) is 6.92 Å². The highest BCUT2D eigenvalue weighted by molar-refractivity contribution is 14.0. The number of rotatable bonds is 11. The van der Waals surface area contributed by atoms with Gasteiger partial charge in [0.15, 0.2) is 11.7 Å². The molecule has 0 saturated carbocycles. The Labute approximate surface area is 207 Å². The third-order valence-corrected chi connectivity index (χ3v) is 4.38. The van der Waals surface area contributed by atoms with E-state index in [0.29, 0.717) is 37.8 Å². The summed E-state index contributed by atoms with van der Waals surface area (Å²) >= 11 is 0. The Kier molecular flexibility index (Phi) is 12.8. The molecule has 2 aromatic rings. The Morgan fingerprint density at radius 2 is 1.94 bits per heavy atom. The van der Waals surface area contributed by atoms with E-state index in [4.69, 9.17) is 9.15 Å². The number of aliphatic imine (C=N–C) groups is 1. The van der Waals surface area contributed by atoms with Crippen molar-refractivity contribution in [2.45, 2.75) is 46.3 Å². The van der Waals surface area contributed by atoms with Crippen LogP contribution in [0.25, 0.3) is 0 Å². The topological polar surface area (TPSA) is 108 Å². The van der Waals surface area contributed by atoms with Gasteiger partial charge in [0.1, 0.15) is 5.75 Å². The number of amides is 1. The van der Waals surface area contributed by atoms with E-state index in [0.717, 1.165) is 16.9 Å². The van der Waals surface area contributed by atoms with E-state index in [1.54, 1.807) is 6.07 Å². The Balaban J connectivity index is 0.00000512. The minimum Gasteiger partial charge on any atom is -0.491 e. The second-order valence-electron chi connectivity index (χ2n) is 7.44. The number of hydrogen-bond acceptors (Lipinski definition) is 5. The van der Waals surface area contributed by atoms with E-state index in [9.17, 15) is 9.90 Å². The normalized spacial score (nSPS) is 12.1. The highest BCUT2D eigenvalue weighted by Crippen LogP contribution is 2.20. The van der Waals surface area contributed by atoms with Gasteiger partial charge in [0, 0.05) is 25.2 Å². The number of aryl methyl sites for hydroxylation is 1. The van der Waals surface area contributed by atoms with Crippen LogP contribution in [0.1, 0.15) is 55.0 Å². The van der Waals surface area contributed by atoms with Crippen molar-refractivity contribution in [1.82, 2.24) is 16.0 Å². The molecule has 0 fully saturated rings. The molecule has 0 aliphatic rings. The number of aliphatic hydroxyl groups excluding tert-OH is 1. The van der Waals surface area contributed by atoms with E-state index >= 15 is 0 Å². The Morgan fingerprint density at radius 3 is 2.59 bits per heavy atom. The van der Waals surface area contributed by atoms with Crippen molar-refractivity contribution >= 4 is 35.8 Å². The quantitative estimate of drug-likeness (QED) is 0.146. The molecule has 0 saturated heterocycles. The zero-order valence-corrected chi connectivity index (χ0v) is 21.5. The molecule has 32 heavy (non-hydrogen) atoms. The number of nitrogens with zero attached hydrogens (tertiary/aromatic N) is 1. The van der Waals surface area contributed by atoms with Crippen LogP contribution in [0.5, 0.6) is 5.75 Å². The van der Waals surface area contributed by atoms with Gasteiger partial charge in [0.2, 0.25) is 0 Å². The smallest absolute Gasteiger partial charge is 0.287 e. The average molecular weight is 558 g/mol. The first-order chi connectivity index (χ1) is 14.9. The molecule has 4 N–H and O–H groups in total. The number of guanidine groups is 1. The first kappa shape index (κ1) is 27.8. The summed E-state index contributed by atoms with van der Waals surface area (Å²) in [6, 6.07) is 9.19. The number of furan rings is 1. The SMILES string of the molecule is CCNC(=NCC(O)c1cccc(OC(C)C)c1)NCCCNC(=O)c1occc1C.I. The largest absolute Gasteiger partial charge is 0.491 e. The van der Waals surface area contributed by atoms with Crippen LogP contribution in [-0.4, -0.2) is 49.3 Å². The van der Waals surface area contributed by atoms with Crippen LogP contribution in [0.15, 0.2) is 46.0 Å². The Morgan fingerprint density at radius 1 is 1.19 bits per heavy atom. The summed E-state index contributed by atoms with van der Waals surface area (Å²) in [5.74, 6) is 1.48. The molecule has 0 radical (unpaired) electrons. The molecule has 1 unspecified atom stereocenters. The van der Waals surface area contributed by atoms with Gasteiger partial charge < -0.3 is 30.2 Å². The predicted octanol–water partition coefficient (Wildman–Crippen LogP) is 3.40. The van der Waals surface area contributed by atoms with Crippen LogP contribution in [0.4, 0.5) is 0 Å². The fourth-order valence-electron chi connectivity index (χ4n) is 2.87. The van der Waals surface area contributed by atoms with Gasteiger partial charge in [-0.05, 0) is 57.9 Å². The number of aliphatic hydroxyl groups is 1. The van der Waals surface area contributed by atoms with E-state index in [2.05, 4.69) is 20.9 Å². The molecule has 0 aliphatic carbocycles. The van der Waals surface area contributed by atoms with Crippen LogP contribution >= 0.6 is 24.0 Å². The number of nitrogens with one attached hydrogen (secondary N) is 3. The van der Waals surface area contributed by atoms with Gasteiger partial charge in [0.05, 0.1) is 25.0 Å². The Bertz CT molecular complexity index is 854. The summed E-state index contributed by atoms with van der Waals surface area (Å²) in [6.07, 6.45) is 1.56. The zero-order valence-electron chi connectivity index (χ0n) is 19.2. The lowest BCUT2D eigenvalue weighted by Crippen LogP contribution is -2.39. The number of hydrogen-bond donors (Lipinski definition) is 4. The van der Waals surface area contributed by atoms with Gasteiger partial charge in [-0.25, -0.2) is 0 Å². The van der Waals surface area contributed by atoms with Crippen molar-refractivity contribution in [2.24, 2.45) is 4.99 Å². The maximum absolute atomic E-state index is 12.0. The minimum atomic E-state index is -0.734. The maximum Gasteiger partial charge on any atom is 0.287 e. The second kappa shape index (κ2) is 14.7. The van der Waals surface area contributed by atoms with Gasteiger partial charge >= 0.3 is 0 Å². The highest BCUT2D eigenvalue weighted by atomic mass is 127. The minimum absolute atomic E-state index is 0. The molecule has 178 valence electrons. The van der Waals surface area contributed by atoms with Crippen molar-refractivity contribution in [1.29, 1.82) is 0 Å². The molecule has 0 bridgehead atoms. The number of ether oxygens (including phenoxy) is 1. The van der Waals surface area contributed by atoms with Crippen LogP contribution in [0.2, 0.25) is 0 Å². The van der Waals surface area contributed by atoms with Crippen molar-refractivity contribution < 1.29 is 19.1 Å². The van der Waals surface area contributed by atoms with Crippen LogP contribution in [-0.2, 0) is 0 Å². The van der Waals surface area contributed by atoms with E-state index < -0.39 is 6.10 Å². The van der Waals surface area contributed by atoms with Gasteiger partial charge in [0.25, 0.3) is 5.91 Å². The summed E-state index contributed by atoms with van der Waals surface area (Å²) in [5, 5.41) is 19.7. The fraction of sp³-hybridized carbons (Fsp3) is 0.478. The number of carbonyl (C=O) groups is 1. The van der Waals surface area contributed by atoms with Crippen molar-refractivity contribution in [3.05, 3.63) is 53.5 Å². The van der Waals surface area contributed by atoms with E-state index in [-0.39, 0.29) is 42.5 Å². The molecule has 1 amide bonds. The van der Waals surface area contributed by atoms with Gasteiger partial charge in [-0.1, -0.05) is 12.1 Å². The van der Waals surface area contributed by atoms with Gasteiger partial charge in [-0.3, -0.25) is 9.79 Å². The fourth-order valence-corrected chi connectivity index (χ4v) is 2.87. The second-order valence-corrected chi connectivity index (χ2v) is 7.44. The number of carbonyl (C=O) groups excluding carboxylic acids is 1. The third kappa shape index (κ3) is 9.47. The van der Waals surface area contributed by atoms with Gasteiger partial charge in [-0.15, -0.1) is 24.0 Å². The van der Waals surface area contributed by atoms with E-state index in [1.807, 2.05) is 52.0 Å². The first-order valence-electron chi connectivity index (χ1n) is 10.7. The Hall–Kier alpha value is -2.27. The van der Waals surface area contributed by atoms with Crippen molar-refractivity contribution in [3.8, 4) is 5.75 Å². The van der Waals surface area contributed by atoms with Gasteiger partial charge in [-0.2, -0.15) is 0 Å². The van der Waals surface area contributed by atoms with Crippen molar-refractivity contribution in [3.63, 3.8) is 0 Å². The van der Waals surface area contributed by atoms with Crippen LogP contribution in [0.3, 0.4) is 0 Å². The highest BCUT2D eigenvalue weighted by Gasteiger charge is 2.12. The average Bonchev–Trinajstić information content (AvgIpc) is 3.17. The van der Waals surface area contributed by atoms with Crippen LogP contribution < -0.4 is 20.7 Å². The summed E-state index contributed by atoms with van der Waals surface area (Å²) < 4.78 is 10.9. The third-order valence-electron chi connectivity index (χ3n) is 4.38. The predicted molar refractivity (Wildman–Crippen MR) is 137 cm³/mol. The van der Waals surface area contributed by atoms with Crippen molar-refractivity contribution in [2.75, 3.05) is 26.2 Å². The molecule has 1 aromatic carbocycles. The van der Waals surface area contributed by atoms with E-state index in [1.165, 1.54) is 6.26 Å². The molecule has 9 heteroatoms. The number of halogens is 1. The maximum atomic E-state index is 12.0. The molecule has 2 rings (SSSR count). The zero-order chi connectivity index (χ0) is 22.6. The summed E-state index contributed by atoms with van der Waals surface area (Å²) in [7, 11) is 0. The molecular weight excluding hydrogens is 523 g/mol. The lowest BCUT2D eigenvalue weighted by molar-refractivity contribution is 0.0925. The molecule has 1 aromatic heterocycles. The first-order valence-corrected chi connectivity index (χ1v) is 10.7. The molecule has 0 aliphatic heterocycles. The lowest BCUT2D eigenvalue weighted by atomic mass is 10.1. The monoisotopic (exact) mass is 558 g/mol.